The highest BCUT2D eigenvalue weighted by Gasteiger charge is 2.39. The van der Waals surface area contributed by atoms with Gasteiger partial charge in [-0.3, -0.25) is 0 Å². The Hall–Kier alpha value is -2.97. The third-order valence-corrected chi connectivity index (χ3v) is 5.69. The van der Waals surface area contributed by atoms with Crippen molar-refractivity contribution in [1.29, 1.82) is 0 Å². The summed E-state index contributed by atoms with van der Waals surface area (Å²) in [6, 6.07) is 7.47. The molecule has 0 aliphatic carbocycles. The van der Waals surface area contributed by atoms with Crippen molar-refractivity contribution in [3.63, 3.8) is 0 Å². The zero-order valence-corrected chi connectivity index (χ0v) is 17.4. The third-order valence-electron chi connectivity index (χ3n) is 4.28. The number of esters is 1. The number of benzene rings is 1. The molecule has 11 heteroatoms. The monoisotopic (exact) mass is 436 g/mol. The third kappa shape index (κ3) is 7.81. The molecule has 2 rings (SSSR count). The highest BCUT2D eigenvalue weighted by molar-refractivity contribution is 7.89. The number of ether oxygens (including phenoxy) is 2. The summed E-state index contributed by atoms with van der Waals surface area (Å²) in [5, 5.41) is 10.1. The van der Waals surface area contributed by atoms with Crippen LogP contribution in [-0.4, -0.2) is 51.6 Å². The number of nitrogens with zero attached hydrogens (tertiary/aromatic N) is 2. The molecule has 1 aliphatic heterocycles. The molecule has 0 bridgehead atoms. The smallest absolute Gasteiger partial charge is 0.408 e. The van der Waals surface area contributed by atoms with Crippen LogP contribution in [0.3, 0.4) is 0 Å². The minimum Gasteiger partial charge on any atom is -0.467 e. The maximum absolute atomic E-state index is 12.3. The van der Waals surface area contributed by atoms with Gasteiger partial charge in [0.15, 0.2) is 5.66 Å². The molecule has 1 aliphatic rings. The van der Waals surface area contributed by atoms with Crippen LogP contribution in [0.25, 0.3) is 0 Å². The fourth-order valence-corrected chi connectivity index (χ4v) is 3.76. The summed E-state index contributed by atoms with van der Waals surface area (Å²) < 4.78 is 36.7. The molecular weight excluding hydrogens is 412 g/mol. The molecule has 1 aromatic carbocycles. The molecule has 2 N–H and O–H groups in total. The summed E-state index contributed by atoms with van der Waals surface area (Å²) in [6.07, 6.45) is 5.66. The minimum absolute atomic E-state index is 0.0295. The van der Waals surface area contributed by atoms with Crippen LogP contribution in [0.15, 0.2) is 40.6 Å². The summed E-state index contributed by atoms with van der Waals surface area (Å²) in [4.78, 5) is 23.9. The summed E-state index contributed by atoms with van der Waals surface area (Å²) in [5.74, 6) is 0.882. The van der Waals surface area contributed by atoms with Gasteiger partial charge < -0.3 is 14.8 Å². The maximum atomic E-state index is 12.3. The molecule has 0 spiro atoms. The van der Waals surface area contributed by atoms with Crippen LogP contribution >= 0.6 is 0 Å². The van der Waals surface area contributed by atoms with Crippen molar-refractivity contribution < 1.29 is 27.5 Å². The van der Waals surface area contributed by atoms with E-state index in [9.17, 15) is 18.0 Å². The molecular formula is C19H24N4O6S. The number of carbonyl (C=O) groups excluding carboxylic acids is 2. The van der Waals surface area contributed by atoms with Crippen molar-refractivity contribution in [3.8, 4) is 12.3 Å². The number of rotatable bonds is 12. The lowest BCUT2D eigenvalue weighted by molar-refractivity contribution is -0.142. The summed E-state index contributed by atoms with van der Waals surface area (Å²) >= 11 is 0. The lowest BCUT2D eigenvalue weighted by Gasteiger charge is -2.17. The first-order chi connectivity index (χ1) is 14.3. The highest BCUT2D eigenvalue weighted by Crippen LogP contribution is 2.36. The number of amides is 1. The normalized spacial score (nSPS) is 14.9. The van der Waals surface area contributed by atoms with E-state index in [4.69, 9.17) is 11.2 Å². The van der Waals surface area contributed by atoms with E-state index >= 15 is 0 Å². The van der Waals surface area contributed by atoms with Gasteiger partial charge in [-0.15, -0.1) is 12.3 Å². The van der Waals surface area contributed by atoms with Gasteiger partial charge in [0.25, 0.3) is 0 Å². The number of carbonyl (C=O) groups is 2. The Labute approximate surface area is 175 Å². The summed E-state index contributed by atoms with van der Waals surface area (Å²) in [5.41, 5.74) is 0.113. The van der Waals surface area contributed by atoms with E-state index in [1.165, 1.54) is 0 Å². The van der Waals surface area contributed by atoms with E-state index in [0.29, 0.717) is 19.3 Å². The molecule has 0 saturated heterocycles. The van der Waals surface area contributed by atoms with Crippen molar-refractivity contribution in [3.05, 3.63) is 35.9 Å². The Morgan fingerprint density at radius 1 is 1.23 bits per heavy atom. The molecule has 0 saturated carbocycles. The second-order valence-electron chi connectivity index (χ2n) is 6.59. The van der Waals surface area contributed by atoms with Crippen LogP contribution in [0.4, 0.5) is 4.79 Å². The van der Waals surface area contributed by atoms with E-state index in [1.807, 2.05) is 6.07 Å². The molecule has 1 heterocycles. The molecule has 0 unspecified atom stereocenters. The van der Waals surface area contributed by atoms with Crippen LogP contribution in [0.5, 0.6) is 0 Å². The quantitative estimate of drug-likeness (QED) is 0.375. The summed E-state index contributed by atoms with van der Waals surface area (Å²) in [7, 11) is -2.81. The van der Waals surface area contributed by atoms with Crippen molar-refractivity contribution in [2.75, 3.05) is 19.4 Å². The Morgan fingerprint density at radius 3 is 2.53 bits per heavy atom. The first-order valence-corrected chi connectivity index (χ1v) is 10.8. The predicted molar refractivity (Wildman–Crippen MR) is 108 cm³/mol. The number of alkyl carbamates (subject to hydrolysis) is 1. The Kier molecular flexibility index (Phi) is 8.32. The van der Waals surface area contributed by atoms with Crippen LogP contribution < -0.4 is 10.0 Å². The van der Waals surface area contributed by atoms with Crippen molar-refractivity contribution >= 4 is 22.1 Å². The van der Waals surface area contributed by atoms with Gasteiger partial charge in [-0.2, -0.15) is 10.2 Å². The lowest BCUT2D eigenvalue weighted by Crippen LogP contribution is -2.48. The van der Waals surface area contributed by atoms with Gasteiger partial charge in [0.05, 0.1) is 12.9 Å². The van der Waals surface area contributed by atoms with Crippen molar-refractivity contribution in [1.82, 2.24) is 10.0 Å². The number of hydrogen-bond acceptors (Lipinski definition) is 8. The highest BCUT2D eigenvalue weighted by atomic mass is 32.2. The van der Waals surface area contributed by atoms with Gasteiger partial charge in [0.2, 0.25) is 10.0 Å². The van der Waals surface area contributed by atoms with Crippen LogP contribution in [0, 0.1) is 12.3 Å². The van der Waals surface area contributed by atoms with E-state index in [1.54, 1.807) is 24.3 Å². The van der Waals surface area contributed by atoms with E-state index < -0.39 is 39.5 Å². The summed E-state index contributed by atoms with van der Waals surface area (Å²) in [6.45, 7) is 0.0323. The molecule has 10 nitrogen and oxygen atoms in total. The number of terminal acetylenes is 1. The Bertz CT molecular complexity index is 905. The van der Waals surface area contributed by atoms with E-state index in [-0.39, 0.29) is 13.2 Å². The fourth-order valence-electron chi connectivity index (χ4n) is 2.57. The van der Waals surface area contributed by atoms with Crippen LogP contribution in [0.1, 0.15) is 24.8 Å². The number of hydrogen-bond donors (Lipinski definition) is 2. The first-order valence-electron chi connectivity index (χ1n) is 9.19. The first kappa shape index (κ1) is 23.3. The molecule has 162 valence electrons. The average Bonchev–Trinajstić information content (AvgIpc) is 3.50. The van der Waals surface area contributed by atoms with Gasteiger partial charge in [-0.25, -0.2) is 22.7 Å². The largest absolute Gasteiger partial charge is 0.467 e. The zero-order chi connectivity index (χ0) is 22.0. The van der Waals surface area contributed by atoms with Gasteiger partial charge in [-0.1, -0.05) is 30.3 Å². The second-order valence-corrected chi connectivity index (χ2v) is 8.45. The topological polar surface area (TPSA) is 136 Å². The zero-order valence-electron chi connectivity index (χ0n) is 16.5. The van der Waals surface area contributed by atoms with Crippen molar-refractivity contribution in [2.24, 2.45) is 10.2 Å². The SMILES string of the molecule is C#CCCC1(CCNS(=O)(=O)C[C@@H](NC(=O)OCc2ccccc2)C(=O)OC)N=N1. The predicted octanol–water partition coefficient (Wildman–Crippen LogP) is 1.34. The average molecular weight is 436 g/mol. The van der Waals surface area contributed by atoms with Crippen molar-refractivity contribution in [2.45, 2.75) is 37.6 Å². The van der Waals surface area contributed by atoms with Gasteiger partial charge in [0.1, 0.15) is 12.6 Å². The Morgan fingerprint density at radius 2 is 1.93 bits per heavy atom. The van der Waals surface area contributed by atoms with Gasteiger partial charge >= 0.3 is 12.1 Å². The van der Waals surface area contributed by atoms with E-state index in [2.05, 4.69) is 30.9 Å². The molecule has 0 radical (unpaired) electrons. The molecule has 0 aromatic heterocycles. The molecule has 1 atom stereocenters. The molecule has 1 aromatic rings. The van der Waals surface area contributed by atoms with E-state index in [0.717, 1.165) is 12.7 Å². The maximum Gasteiger partial charge on any atom is 0.408 e. The molecule has 1 amide bonds. The Balaban J connectivity index is 1.84. The van der Waals surface area contributed by atoms with Gasteiger partial charge in [-0.05, 0) is 5.56 Å². The number of sulfonamides is 1. The lowest BCUT2D eigenvalue weighted by atomic mass is 10.1. The fraction of sp³-hybridized carbons (Fsp3) is 0.474. The van der Waals surface area contributed by atoms with Crippen LogP contribution in [-0.2, 0) is 30.9 Å². The molecule has 0 fully saturated rings. The second kappa shape index (κ2) is 10.7. The number of methoxy groups -OCH3 is 1. The minimum atomic E-state index is -3.91. The molecule has 30 heavy (non-hydrogen) atoms. The van der Waals surface area contributed by atoms with Gasteiger partial charge in [0, 0.05) is 25.8 Å². The van der Waals surface area contributed by atoms with Crippen LogP contribution in [0.2, 0.25) is 0 Å². The standard InChI is InChI=1S/C19H24N4O6S/c1-3-4-10-19(22-23-19)11-12-20-30(26,27)14-16(17(24)28-2)21-18(25)29-13-15-8-6-5-7-9-15/h1,5-9,16,20H,4,10-14H2,2H3,(H,21,25)/t16-/m1/s1. The number of nitrogens with one attached hydrogen (secondary N) is 2.